The van der Waals surface area contributed by atoms with Crippen LogP contribution in [-0.2, 0) is 19.1 Å². The van der Waals surface area contributed by atoms with Crippen LogP contribution in [0.15, 0.2) is 170 Å². The number of hydrogen-bond acceptors (Lipinski definition) is 5. The van der Waals surface area contributed by atoms with E-state index >= 15 is 0 Å². The molecule has 1 N–H and O–H groups in total. The van der Waals surface area contributed by atoms with Gasteiger partial charge in [0.15, 0.2) is 6.10 Å². The molecule has 5 nitrogen and oxygen atoms in total. The summed E-state index contributed by atoms with van der Waals surface area (Å²) < 4.78 is 10.7. The molecule has 0 bridgehead atoms. The molecule has 0 radical (unpaired) electrons. The third-order valence-corrected chi connectivity index (χ3v) is 11.0. The van der Waals surface area contributed by atoms with Crippen molar-refractivity contribution in [3.63, 3.8) is 0 Å². The second-order valence-corrected chi connectivity index (χ2v) is 17.5. The van der Waals surface area contributed by atoms with Gasteiger partial charge in [-0.25, -0.2) is 0 Å². The van der Waals surface area contributed by atoms with E-state index in [1.807, 2.05) is 0 Å². The molecule has 1 atom stereocenters. The summed E-state index contributed by atoms with van der Waals surface area (Å²) in [6.45, 7) is 3.86. The van der Waals surface area contributed by atoms with Crippen LogP contribution in [0.5, 0.6) is 0 Å². The van der Waals surface area contributed by atoms with E-state index in [1.165, 1.54) is 38.5 Å². The largest absolute Gasteiger partial charge is 0.462 e. The summed E-state index contributed by atoms with van der Waals surface area (Å²) in [5.41, 5.74) is 0. The van der Waals surface area contributed by atoms with Crippen molar-refractivity contribution in [1.82, 2.24) is 0 Å². The van der Waals surface area contributed by atoms with E-state index < -0.39 is 6.10 Å². The fourth-order valence-electron chi connectivity index (χ4n) is 6.93. The standard InChI is InChI=1S/C65H100O5/c1-3-5-7-9-11-13-15-17-19-21-23-24-25-26-27-28-29-30-31-32-33-34-35-36-37-38-39-40-42-44-46-48-50-52-54-56-58-60-65(68)70-63(61-66)62-69-64(67)59-57-55-53-51-49-47-45-43-41-22-20-18-16-14-12-10-8-6-4-2/h5-8,11-14,17-20,23-24,26-27,29-30,32-33,35-36,38-39,41,43,47,49,63,66H,3-4,9-10,15-16,21-22,25,28,31,34,37,40,42,44-46,48,50-62H2,1-2H3/b7-5-,8-6-,13-11-,14-12-,19-17-,20-18-,24-23-,27-26-,30-29-,33-32-,36-35-,39-38-,43-41-,49-47-. The lowest BCUT2D eigenvalue weighted by molar-refractivity contribution is -0.161. The Morgan fingerprint density at radius 2 is 0.571 bits per heavy atom. The summed E-state index contributed by atoms with van der Waals surface area (Å²) >= 11 is 0. The lowest BCUT2D eigenvalue weighted by atomic mass is 10.1. The van der Waals surface area contributed by atoms with Crippen LogP contribution in [0.3, 0.4) is 0 Å². The third kappa shape index (κ3) is 55.9. The minimum Gasteiger partial charge on any atom is -0.462 e. The molecule has 0 aliphatic carbocycles. The van der Waals surface area contributed by atoms with Crippen molar-refractivity contribution in [1.29, 1.82) is 0 Å². The maximum atomic E-state index is 12.3. The normalized spacial score (nSPS) is 13.6. The average Bonchev–Trinajstić information content (AvgIpc) is 3.36. The molecule has 0 aliphatic rings. The molecule has 0 aromatic carbocycles. The second kappa shape index (κ2) is 58.6. The molecule has 0 fully saturated rings. The Labute approximate surface area is 430 Å². The number of carbonyl (C=O) groups excluding carboxylic acids is 2. The predicted octanol–water partition coefficient (Wildman–Crippen LogP) is 19.0. The van der Waals surface area contributed by atoms with Crippen molar-refractivity contribution in [2.24, 2.45) is 0 Å². The zero-order valence-corrected chi connectivity index (χ0v) is 44.5. The van der Waals surface area contributed by atoms with Crippen molar-refractivity contribution in [2.45, 2.75) is 213 Å². The van der Waals surface area contributed by atoms with Crippen molar-refractivity contribution < 1.29 is 24.2 Å². The zero-order chi connectivity index (χ0) is 50.6. The van der Waals surface area contributed by atoms with Crippen molar-refractivity contribution >= 4 is 11.9 Å². The Kier molecular flexibility index (Phi) is 54.6. The first kappa shape index (κ1) is 65.3. The van der Waals surface area contributed by atoms with Crippen molar-refractivity contribution in [3.05, 3.63) is 170 Å². The molecule has 0 rings (SSSR count). The van der Waals surface area contributed by atoms with Crippen LogP contribution in [0.1, 0.15) is 206 Å². The Balaban J connectivity index is 3.65. The Morgan fingerprint density at radius 3 is 0.871 bits per heavy atom. The molecule has 390 valence electrons. The van der Waals surface area contributed by atoms with Gasteiger partial charge >= 0.3 is 11.9 Å². The number of unbranched alkanes of at least 4 members (excludes halogenated alkanes) is 12. The molecule has 0 aromatic heterocycles. The SMILES string of the molecule is CC/C=C\C/C=C\C/C=C\C/C=C\C/C=C\C/C=C\C/C=C\C/C=C\C/C=C\CCCCCCCCCCCC(=O)OC(CO)COC(=O)CCCCC/C=C\C/C=C\C/C=C\C/C=C\C/C=C\CC. The maximum absolute atomic E-state index is 12.3. The van der Waals surface area contributed by atoms with Crippen LogP contribution in [-0.4, -0.2) is 36.4 Å². The summed E-state index contributed by atoms with van der Waals surface area (Å²) in [5, 5.41) is 9.64. The summed E-state index contributed by atoms with van der Waals surface area (Å²) in [6.07, 6.45) is 91.7. The highest BCUT2D eigenvalue weighted by Crippen LogP contribution is 2.13. The van der Waals surface area contributed by atoms with Gasteiger partial charge in [0.1, 0.15) is 6.61 Å². The van der Waals surface area contributed by atoms with E-state index in [0.29, 0.717) is 12.8 Å². The lowest BCUT2D eigenvalue weighted by Gasteiger charge is -2.15. The van der Waals surface area contributed by atoms with Crippen LogP contribution in [0.25, 0.3) is 0 Å². The molecule has 1 unspecified atom stereocenters. The Bertz CT molecular complexity index is 1600. The first-order valence-electron chi connectivity index (χ1n) is 27.7. The van der Waals surface area contributed by atoms with E-state index in [-0.39, 0.29) is 25.2 Å². The first-order chi connectivity index (χ1) is 34.6. The molecule has 0 amide bonds. The van der Waals surface area contributed by atoms with Crippen molar-refractivity contribution in [2.75, 3.05) is 13.2 Å². The summed E-state index contributed by atoms with van der Waals surface area (Å²) in [4.78, 5) is 24.5. The van der Waals surface area contributed by atoms with Gasteiger partial charge in [-0.3, -0.25) is 9.59 Å². The van der Waals surface area contributed by atoms with Crippen LogP contribution < -0.4 is 0 Å². The van der Waals surface area contributed by atoms with E-state index in [9.17, 15) is 14.7 Å². The molecule has 0 heterocycles. The number of aliphatic hydroxyl groups excluding tert-OH is 1. The molecular weight excluding hydrogens is 861 g/mol. The minimum atomic E-state index is -0.803. The number of aliphatic hydroxyl groups is 1. The number of hydrogen-bond donors (Lipinski definition) is 1. The molecule has 0 saturated heterocycles. The van der Waals surface area contributed by atoms with Gasteiger partial charge in [0, 0.05) is 12.8 Å². The average molecular weight is 962 g/mol. The molecule has 0 aromatic rings. The number of rotatable bonds is 48. The van der Waals surface area contributed by atoms with Crippen LogP contribution in [0.4, 0.5) is 0 Å². The van der Waals surface area contributed by atoms with Gasteiger partial charge in [-0.05, 0) is 128 Å². The van der Waals surface area contributed by atoms with Gasteiger partial charge < -0.3 is 14.6 Å². The Hall–Kier alpha value is -4.74. The molecule has 5 heteroatoms. The number of ether oxygens (including phenoxy) is 2. The van der Waals surface area contributed by atoms with E-state index in [4.69, 9.17) is 9.47 Å². The monoisotopic (exact) mass is 961 g/mol. The summed E-state index contributed by atoms with van der Waals surface area (Å²) in [6, 6.07) is 0. The second-order valence-electron chi connectivity index (χ2n) is 17.5. The van der Waals surface area contributed by atoms with E-state index in [0.717, 1.165) is 141 Å². The van der Waals surface area contributed by atoms with Crippen molar-refractivity contribution in [3.8, 4) is 0 Å². The fourth-order valence-corrected chi connectivity index (χ4v) is 6.93. The van der Waals surface area contributed by atoms with E-state index in [2.05, 4.69) is 184 Å². The zero-order valence-electron chi connectivity index (χ0n) is 44.5. The van der Waals surface area contributed by atoms with Crippen LogP contribution in [0, 0.1) is 0 Å². The predicted molar refractivity (Wildman–Crippen MR) is 306 cm³/mol. The van der Waals surface area contributed by atoms with Gasteiger partial charge in [-0.15, -0.1) is 0 Å². The quantitative estimate of drug-likeness (QED) is 0.0374. The third-order valence-electron chi connectivity index (χ3n) is 11.0. The molecule has 0 spiro atoms. The topological polar surface area (TPSA) is 72.8 Å². The van der Waals surface area contributed by atoms with Crippen LogP contribution >= 0.6 is 0 Å². The fraction of sp³-hybridized carbons (Fsp3) is 0.538. The summed E-state index contributed by atoms with van der Waals surface area (Å²) in [5.74, 6) is -0.649. The Morgan fingerprint density at radius 1 is 0.329 bits per heavy atom. The van der Waals surface area contributed by atoms with Gasteiger partial charge in [0.2, 0.25) is 0 Å². The summed E-state index contributed by atoms with van der Waals surface area (Å²) in [7, 11) is 0. The highest BCUT2D eigenvalue weighted by Gasteiger charge is 2.16. The number of esters is 2. The minimum absolute atomic E-state index is 0.0967. The highest BCUT2D eigenvalue weighted by molar-refractivity contribution is 5.70. The first-order valence-corrected chi connectivity index (χ1v) is 27.7. The van der Waals surface area contributed by atoms with E-state index in [1.54, 1.807) is 0 Å². The molecular formula is C65H100O5. The molecule has 0 saturated carbocycles. The number of carbonyl (C=O) groups is 2. The van der Waals surface area contributed by atoms with Gasteiger partial charge in [-0.2, -0.15) is 0 Å². The van der Waals surface area contributed by atoms with Gasteiger partial charge in [0.05, 0.1) is 6.61 Å². The van der Waals surface area contributed by atoms with Crippen LogP contribution in [0.2, 0.25) is 0 Å². The van der Waals surface area contributed by atoms with Gasteiger partial charge in [-0.1, -0.05) is 235 Å². The molecule has 0 aliphatic heterocycles. The number of allylic oxidation sites excluding steroid dienone is 28. The lowest BCUT2D eigenvalue weighted by Crippen LogP contribution is -2.28. The highest BCUT2D eigenvalue weighted by atomic mass is 16.6. The van der Waals surface area contributed by atoms with Gasteiger partial charge in [0.25, 0.3) is 0 Å². The molecule has 70 heavy (non-hydrogen) atoms. The maximum Gasteiger partial charge on any atom is 0.306 e. The smallest absolute Gasteiger partial charge is 0.306 e.